The molecule has 1 heterocycles. The highest BCUT2D eigenvalue weighted by Gasteiger charge is 2.34. The number of aryl methyl sites for hydroxylation is 1. The Balaban J connectivity index is 2.45. The molecule has 0 aliphatic carbocycles. The normalized spacial score (nSPS) is 18.7. The summed E-state index contributed by atoms with van der Waals surface area (Å²) >= 11 is 5.91. The fourth-order valence-electron chi connectivity index (χ4n) is 2.04. The van der Waals surface area contributed by atoms with Gasteiger partial charge in [0.2, 0.25) is 0 Å². The van der Waals surface area contributed by atoms with Crippen LogP contribution in [-0.4, -0.2) is 23.3 Å². The molecule has 2 amide bonds. The number of hydrogen-bond donors (Lipinski definition) is 1. The van der Waals surface area contributed by atoms with Crippen LogP contribution in [0.4, 0.5) is 4.79 Å². The SMILES string of the molecule is C#CCN1C(=O)N=C(N)C1c1ccc(Cl)cc1C. The molecule has 0 fully saturated rings. The van der Waals surface area contributed by atoms with Gasteiger partial charge in [-0.3, -0.25) is 4.90 Å². The molecule has 2 rings (SSSR count). The smallest absolute Gasteiger partial charge is 0.346 e. The maximum atomic E-state index is 11.7. The van der Waals surface area contributed by atoms with E-state index in [1.807, 2.05) is 19.1 Å². The van der Waals surface area contributed by atoms with Gasteiger partial charge < -0.3 is 5.73 Å². The fourth-order valence-corrected chi connectivity index (χ4v) is 2.26. The Hall–Kier alpha value is -1.99. The highest BCUT2D eigenvalue weighted by atomic mass is 35.5. The van der Waals surface area contributed by atoms with Gasteiger partial charge in [0.05, 0.1) is 6.54 Å². The molecule has 18 heavy (non-hydrogen) atoms. The Morgan fingerprint density at radius 1 is 1.61 bits per heavy atom. The molecule has 1 atom stereocenters. The van der Waals surface area contributed by atoms with Crippen molar-refractivity contribution in [2.45, 2.75) is 13.0 Å². The van der Waals surface area contributed by atoms with Crippen molar-refractivity contribution >= 4 is 23.5 Å². The molecule has 0 spiro atoms. The molecule has 1 aliphatic rings. The topological polar surface area (TPSA) is 58.7 Å². The van der Waals surface area contributed by atoms with E-state index in [2.05, 4.69) is 10.9 Å². The largest absolute Gasteiger partial charge is 0.385 e. The molecule has 1 aromatic carbocycles. The van der Waals surface area contributed by atoms with Gasteiger partial charge in [0.1, 0.15) is 11.9 Å². The van der Waals surface area contributed by atoms with E-state index in [9.17, 15) is 4.79 Å². The lowest BCUT2D eigenvalue weighted by Crippen LogP contribution is -2.34. The highest BCUT2D eigenvalue weighted by Crippen LogP contribution is 2.30. The first-order chi connectivity index (χ1) is 8.54. The Morgan fingerprint density at radius 2 is 2.33 bits per heavy atom. The number of urea groups is 1. The first kappa shape index (κ1) is 12.5. The van der Waals surface area contributed by atoms with E-state index in [4.69, 9.17) is 23.8 Å². The van der Waals surface area contributed by atoms with E-state index >= 15 is 0 Å². The lowest BCUT2D eigenvalue weighted by molar-refractivity contribution is 0.213. The third-order valence-corrected chi connectivity index (χ3v) is 3.09. The maximum Gasteiger partial charge on any atom is 0.346 e. The third kappa shape index (κ3) is 2.05. The van der Waals surface area contributed by atoms with Crippen LogP contribution in [0.15, 0.2) is 23.2 Å². The lowest BCUT2D eigenvalue weighted by Gasteiger charge is -2.23. The predicted molar refractivity (Wildman–Crippen MR) is 71.5 cm³/mol. The number of aliphatic imine (C=N–C) groups is 1. The monoisotopic (exact) mass is 261 g/mol. The van der Waals surface area contributed by atoms with E-state index in [1.54, 1.807) is 6.07 Å². The van der Waals surface area contributed by atoms with Crippen LogP contribution < -0.4 is 5.73 Å². The zero-order valence-electron chi connectivity index (χ0n) is 9.85. The molecule has 0 saturated heterocycles. The van der Waals surface area contributed by atoms with Crippen LogP contribution in [0.3, 0.4) is 0 Å². The first-order valence-electron chi connectivity index (χ1n) is 5.38. The van der Waals surface area contributed by atoms with Gasteiger partial charge in [-0.15, -0.1) is 6.42 Å². The molecule has 5 heteroatoms. The minimum Gasteiger partial charge on any atom is -0.385 e. The van der Waals surface area contributed by atoms with Crippen LogP contribution in [0.1, 0.15) is 17.2 Å². The van der Waals surface area contributed by atoms with Crippen LogP contribution in [0.25, 0.3) is 0 Å². The predicted octanol–water partition coefficient (Wildman–Crippen LogP) is 2.12. The summed E-state index contributed by atoms with van der Waals surface area (Å²) in [5.41, 5.74) is 7.65. The zero-order valence-corrected chi connectivity index (χ0v) is 10.6. The Kier molecular flexibility index (Phi) is 3.26. The zero-order chi connectivity index (χ0) is 13.3. The summed E-state index contributed by atoms with van der Waals surface area (Å²) in [6.07, 6.45) is 5.26. The van der Waals surface area contributed by atoms with Crippen molar-refractivity contribution in [2.24, 2.45) is 10.7 Å². The quantitative estimate of drug-likeness (QED) is 0.829. The third-order valence-electron chi connectivity index (χ3n) is 2.85. The fraction of sp³-hybridized carbons (Fsp3) is 0.231. The number of halogens is 1. The number of hydrogen-bond acceptors (Lipinski definition) is 2. The Morgan fingerprint density at radius 3 is 2.94 bits per heavy atom. The number of amidine groups is 1. The summed E-state index contributed by atoms with van der Waals surface area (Å²) < 4.78 is 0. The Labute approximate surface area is 110 Å². The molecule has 1 aliphatic heterocycles. The molecule has 0 radical (unpaired) electrons. The minimum atomic E-state index is -0.398. The number of terminal acetylenes is 1. The molecular weight excluding hydrogens is 250 g/mol. The second-order valence-electron chi connectivity index (χ2n) is 4.05. The summed E-state index contributed by atoms with van der Waals surface area (Å²) in [6.45, 7) is 2.08. The summed E-state index contributed by atoms with van der Waals surface area (Å²) in [5, 5.41) is 0.639. The number of nitrogens with zero attached hydrogens (tertiary/aromatic N) is 2. The summed E-state index contributed by atoms with van der Waals surface area (Å²) in [4.78, 5) is 16.9. The summed E-state index contributed by atoms with van der Waals surface area (Å²) in [7, 11) is 0. The van der Waals surface area contributed by atoms with Crippen molar-refractivity contribution in [2.75, 3.05) is 6.54 Å². The number of nitrogens with two attached hydrogens (primary N) is 1. The van der Waals surface area contributed by atoms with Crippen molar-refractivity contribution in [3.63, 3.8) is 0 Å². The van der Waals surface area contributed by atoms with Crippen molar-refractivity contribution in [1.82, 2.24) is 4.90 Å². The second-order valence-corrected chi connectivity index (χ2v) is 4.49. The van der Waals surface area contributed by atoms with Crippen LogP contribution in [-0.2, 0) is 0 Å². The number of rotatable bonds is 2. The first-order valence-corrected chi connectivity index (χ1v) is 5.76. The second kappa shape index (κ2) is 4.71. The van der Waals surface area contributed by atoms with Gasteiger partial charge in [-0.2, -0.15) is 4.99 Å². The highest BCUT2D eigenvalue weighted by molar-refractivity contribution is 6.30. The van der Waals surface area contributed by atoms with Crippen molar-refractivity contribution in [1.29, 1.82) is 0 Å². The molecule has 0 aromatic heterocycles. The van der Waals surface area contributed by atoms with E-state index in [-0.39, 0.29) is 12.4 Å². The van der Waals surface area contributed by atoms with Gasteiger partial charge >= 0.3 is 6.03 Å². The van der Waals surface area contributed by atoms with Gasteiger partial charge in [-0.1, -0.05) is 23.6 Å². The van der Waals surface area contributed by atoms with E-state index < -0.39 is 12.1 Å². The van der Waals surface area contributed by atoms with Gasteiger partial charge in [-0.25, -0.2) is 4.79 Å². The van der Waals surface area contributed by atoms with Crippen LogP contribution in [0.5, 0.6) is 0 Å². The van der Waals surface area contributed by atoms with E-state index in [1.165, 1.54) is 4.90 Å². The van der Waals surface area contributed by atoms with Gasteiger partial charge in [0.15, 0.2) is 0 Å². The molecular formula is C13H12ClN3O. The minimum absolute atomic E-state index is 0.176. The average Bonchev–Trinajstić information content (AvgIpc) is 2.56. The number of benzene rings is 1. The lowest BCUT2D eigenvalue weighted by atomic mass is 10.00. The maximum absolute atomic E-state index is 11.7. The molecule has 4 nitrogen and oxygen atoms in total. The number of carbonyl (C=O) groups excluding carboxylic acids is 1. The van der Waals surface area contributed by atoms with E-state index in [0.29, 0.717) is 5.02 Å². The Bertz CT molecular complexity index is 574. The van der Waals surface area contributed by atoms with Gasteiger partial charge in [0, 0.05) is 5.02 Å². The molecule has 92 valence electrons. The number of carbonyl (C=O) groups is 1. The molecule has 1 unspecified atom stereocenters. The van der Waals surface area contributed by atoms with E-state index in [0.717, 1.165) is 11.1 Å². The van der Waals surface area contributed by atoms with Crippen molar-refractivity contribution in [3.05, 3.63) is 34.3 Å². The van der Waals surface area contributed by atoms with Crippen molar-refractivity contribution < 1.29 is 4.79 Å². The number of amides is 2. The standard InChI is InChI=1S/C13H12ClN3O/c1-3-6-17-11(12(15)16-13(17)18)10-5-4-9(14)7-8(10)2/h1,4-5,7,11H,6H2,2H3,(H2,15,16,18). The van der Waals surface area contributed by atoms with Crippen LogP contribution in [0.2, 0.25) is 5.02 Å². The average molecular weight is 262 g/mol. The van der Waals surface area contributed by atoms with Crippen LogP contribution >= 0.6 is 11.6 Å². The molecule has 0 bridgehead atoms. The summed E-state index contributed by atoms with van der Waals surface area (Å²) in [6, 6.07) is 4.62. The molecule has 1 aromatic rings. The van der Waals surface area contributed by atoms with Gasteiger partial charge in [0.25, 0.3) is 0 Å². The molecule has 2 N–H and O–H groups in total. The summed E-state index contributed by atoms with van der Waals surface area (Å²) in [5.74, 6) is 2.71. The van der Waals surface area contributed by atoms with Gasteiger partial charge in [-0.05, 0) is 30.2 Å². The van der Waals surface area contributed by atoms with Crippen LogP contribution in [0, 0.1) is 19.3 Å². The molecule has 0 saturated carbocycles. The van der Waals surface area contributed by atoms with Crippen molar-refractivity contribution in [3.8, 4) is 12.3 Å².